The molecule has 5 heteroatoms. The van der Waals surface area contributed by atoms with Gasteiger partial charge in [0.1, 0.15) is 5.82 Å². The Balaban J connectivity index is 1.72. The largest absolute Gasteiger partial charge is 0.355 e. The van der Waals surface area contributed by atoms with E-state index in [0.29, 0.717) is 6.54 Å². The van der Waals surface area contributed by atoms with Gasteiger partial charge in [-0.1, -0.05) is 25.5 Å². The van der Waals surface area contributed by atoms with Crippen LogP contribution in [0.5, 0.6) is 0 Å². The molecule has 128 valence electrons. The molecule has 4 nitrogen and oxygen atoms in total. The summed E-state index contributed by atoms with van der Waals surface area (Å²) in [5.41, 5.74) is 0.912. The lowest BCUT2D eigenvalue weighted by Gasteiger charge is -2.35. The van der Waals surface area contributed by atoms with Crippen molar-refractivity contribution in [2.75, 3.05) is 26.7 Å². The molecule has 2 N–H and O–H groups in total. The van der Waals surface area contributed by atoms with Crippen molar-refractivity contribution in [3.8, 4) is 0 Å². The Hall–Kier alpha value is -1.62. The number of aliphatic imine (C=N–C) groups is 1. The van der Waals surface area contributed by atoms with E-state index in [0.717, 1.165) is 30.7 Å². The summed E-state index contributed by atoms with van der Waals surface area (Å²) in [6, 6.07) is 7.36. The van der Waals surface area contributed by atoms with E-state index in [4.69, 9.17) is 0 Å². The molecule has 1 fully saturated rings. The number of rotatable bonds is 6. The average molecular weight is 320 g/mol. The van der Waals surface area contributed by atoms with Crippen LogP contribution in [-0.4, -0.2) is 43.6 Å². The minimum Gasteiger partial charge on any atom is -0.355 e. The van der Waals surface area contributed by atoms with E-state index in [1.807, 2.05) is 6.07 Å². The molecular weight excluding hydrogens is 291 g/mol. The molecule has 1 aliphatic heterocycles. The summed E-state index contributed by atoms with van der Waals surface area (Å²) in [5, 5.41) is 6.58. The van der Waals surface area contributed by atoms with Crippen LogP contribution in [-0.2, 0) is 6.54 Å². The smallest absolute Gasteiger partial charge is 0.191 e. The molecule has 23 heavy (non-hydrogen) atoms. The monoisotopic (exact) mass is 320 g/mol. The second-order valence-electron chi connectivity index (χ2n) is 6.08. The van der Waals surface area contributed by atoms with Crippen molar-refractivity contribution in [1.29, 1.82) is 0 Å². The summed E-state index contributed by atoms with van der Waals surface area (Å²) in [4.78, 5) is 6.81. The highest BCUT2D eigenvalue weighted by Crippen LogP contribution is 2.18. The lowest BCUT2D eigenvalue weighted by Crippen LogP contribution is -2.45. The van der Waals surface area contributed by atoms with Gasteiger partial charge in [-0.15, -0.1) is 0 Å². The van der Waals surface area contributed by atoms with Gasteiger partial charge in [0, 0.05) is 32.7 Å². The fraction of sp³-hybridized carbons (Fsp3) is 0.611. The molecule has 0 aromatic heterocycles. The third-order valence-corrected chi connectivity index (χ3v) is 4.48. The lowest BCUT2D eigenvalue weighted by atomic mass is 10.0. The van der Waals surface area contributed by atoms with Gasteiger partial charge in [0.25, 0.3) is 0 Å². The Morgan fingerprint density at radius 3 is 2.96 bits per heavy atom. The first-order valence-corrected chi connectivity index (χ1v) is 8.66. The highest BCUT2D eigenvalue weighted by atomic mass is 19.1. The van der Waals surface area contributed by atoms with E-state index in [1.165, 1.54) is 38.3 Å². The predicted molar refractivity (Wildman–Crippen MR) is 94.1 cm³/mol. The fourth-order valence-corrected chi connectivity index (χ4v) is 3.19. The molecular formula is C18H29FN4. The maximum absolute atomic E-state index is 13.2. The lowest BCUT2D eigenvalue weighted by molar-refractivity contribution is 0.147. The zero-order valence-corrected chi connectivity index (χ0v) is 14.3. The standard InChI is InChI=1S/C18H29FN4/c1-3-17-9-4-5-11-23(17)12-10-21-18(20-2)22-14-15-7-6-8-16(19)13-15/h6-8,13,17H,3-5,9-12,14H2,1-2H3,(H2,20,21,22). The number of halogens is 1. The first-order valence-electron chi connectivity index (χ1n) is 8.66. The number of nitrogens with one attached hydrogen (secondary N) is 2. The van der Waals surface area contributed by atoms with Crippen LogP contribution in [0.15, 0.2) is 29.3 Å². The number of guanidine groups is 1. The second-order valence-corrected chi connectivity index (χ2v) is 6.08. The van der Waals surface area contributed by atoms with Crippen LogP contribution in [0.25, 0.3) is 0 Å². The third kappa shape index (κ3) is 5.82. The maximum atomic E-state index is 13.2. The van der Waals surface area contributed by atoms with E-state index in [1.54, 1.807) is 19.2 Å². The summed E-state index contributed by atoms with van der Waals surface area (Å²) in [5.74, 6) is 0.558. The second kappa shape index (κ2) is 9.50. The number of benzene rings is 1. The molecule has 1 aromatic rings. The highest BCUT2D eigenvalue weighted by Gasteiger charge is 2.19. The minimum atomic E-state index is -0.206. The van der Waals surface area contributed by atoms with E-state index < -0.39 is 0 Å². The summed E-state index contributed by atoms with van der Waals surface area (Å²) >= 11 is 0. The summed E-state index contributed by atoms with van der Waals surface area (Å²) in [7, 11) is 1.76. The SMILES string of the molecule is CCC1CCCCN1CCNC(=NC)NCc1cccc(F)c1. The molecule has 1 saturated heterocycles. The molecule has 1 heterocycles. The molecule has 0 saturated carbocycles. The highest BCUT2D eigenvalue weighted by molar-refractivity contribution is 5.79. The Kier molecular flexibility index (Phi) is 7.33. The van der Waals surface area contributed by atoms with Gasteiger partial charge >= 0.3 is 0 Å². The normalized spacial score (nSPS) is 19.6. The first-order chi connectivity index (χ1) is 11.2. The van der Waals surface area contributed by atoms with Crippen molar-refractivity contribution >= 4 is 5.96 Å². The van der Waals surface area contributed by atoms with Gasteiger partial charge < -0.3 is 10.6 Å². The third-order valence-electron chi connectivity index (χ3n) is 4.48. The zero-order chi connectivity index (χ0) is 16.5. The van der Waals surface area contributed by atoms with E-state index in [-0.39, 0.29) is 5.82 Å². The topological polar surface area (TPSA) is 39.7 Å². The molecule has 1 aliphatic rings. The molecule has 0 bridgehead atoms. The number of piperidine rings is 1. The van der Waals surface area contributed by atoms with Gasteiger partial charge in [-0.05, 0) is 43.5 Å². The van der Waals surface area contributed by atoms with Gasteiger partial charge in [-0.25, -0.2) is 4.39 Å². The Bertz CT molecular complexity index is 504. The van der Waals surface area contributed by atoms with Gasteiger partial charge in [-0.2, -0.15) is 0 Å². The summed E-state index contributed by atoms with van der Waals surface area (Å²) < 4.78 is 13.2. The molecule has 0 radical (unpaired) electrons. The van der Waals surface area contributed by atoms with Gasteiger partial charge in [-0.3, -0.25) is 9.89 Å². The van der Waals surface area contributed by atoms with Gasteiger partial charge in [0.2, 0.25) is 0 Å². The molecule has 0 aliphatic carbocycles. The zero-order valence-electron chi connectivity index (χ0n) is 14.3. The Labute approximate surface area is 139 Å². The Morgan fingerprint density at radius 2 is 2.22 bits per heavy atom. The number of hydrogen-bond donors (Lipinski definition) is 2. The molecule has 1 atom stereocenters. The van der Waals surface area contributed by atoms with Crippen molar-refractivity contribution in [3.63, 3.8) is 0 Å². The average Bonchev–Trinajstić information content (AvgIpc) is 2.58. The molecule has 1 aromatic carbocycles. The predicted octanol–water partition coefficient (Wildman–Crippen LogP) is 2.76. The maximum Gasteiger partial charge on any atom is 0.191 e. The molecule has 2 rings (SSSR count). The summed E-state index contributed by atoms with van der Waals surface area (Å²) in [6.45, 7) is 5.96. The van der Waals surface area contributed by atoms with Crippen LogP contribution >= 0.6 is 0 Å². The van der Waals surface area contributed by atoms with E-state index in [2.05, 4.69) is 27.4 Å². The summed E-state index contributed by atoms with van der Waals surface area (Å²) in [6.07, 6.45) is 5.22. The quantitative estimate of drug-likeness (QED) is 0.625. The van der Waals surface area contributed by atoms with Crippen LogP contribution < -0.4 is 10.6 Å². The Morgan fingerprint density at radius 1 is 1.35 bits per heavy atom. The van der Waals surface area contributed by atoms with Gasteiger partial charge in [0.05, 0.1) is 0 Å². The van der Waals surface area contributed by atoms with Crippen molar-refractivity contribution in [1.82, 2.24) is 15.5 Å². The first kappa shape index (κ1) is 17.7. The number of nitrogens with zero attached hydrogens (tertiary/aromatic N) is 2. The van der Waals surface area contributed by atoms with Crippen molar-refractivity contribution in [2.45, 2.75) is 45.2 Å². The van der Waals surface area contributed by atoms with Crippen LogP contribution in [0.3, 0.4) is 0 Å². The molecule has 1 unspecified atom stereocenters. The number of likely N-dealkylation sites (tertiary alicyclic amines) is 1. The fourth-order valence-electron chi connectivity index (χ4n) is 3.19. The van der Waals surface area contributed by atoms with Crippen LogP contribution in [0, 0.1) is 5.82 Å². The number of hydrogen-bond acceptors (Lipinski definition) is 2. The van der Waals surface area contributed by atoms with Crippen LogP contribution in [0.1, 0.15) is 38.2 Å². The van der Waals surface area contributed by atoms with Crippen LogP contribution in [0.2, 0.25) is 0 Å². The van der Waals surface area contributed by atoms with Crippen LogP contribution in [0.4, 0.5) is 4.39 Å². The molecule has 0 amide bonds. The van der Waals surface area contributed by atoms with E-state index >= 15 is 0 Å². The van der Waals surface area contributed by atoms with Crippen molar-refractivity contribution in [3.05, 3.63) is 35.6 Å². The van der Waals surface area contributed by atoms with Crippen molar-refractivity contribution in [2.24, 2.45) is 4.99 Å². The minimum absolute atomic E-state index is 0.206. The van der Waals surface area contributed by atoms with E-state index in [9.17, 15) is 4.39 Å². The van der Waals surface area contributed by atoms with Gasteiger partial charge in [0.15, 0.2) is 5.96 Å². The molecule has 0 spiro atoms. The van der Waals surface area contributed by atoms with Crippen molar-refractivity contribution < 1.29 is 4.39 Å².